The Kier molecular flexibility index (Phi) is 5.42. The third-order valence-corrected chi connectivity index (χ3v) is 4.82. The van der Waals surface area contributed by atoms with E-state index >= 15 is 0 Å². The maximum Gasteiger partial charge on any atom is 0.224 e. The first-order valence-corrected chi connectivity index (χ1v) is 7.72. The number of rotatable bonds is 5. The van der Waals surface area contributed by atoms with Crippen molar-refractivity contribution >= 4 is 17.7 Å². The van der Waals surface area contributed by atoms with Gasteiger partial charge in [0.25, 0.3) is 0 Å². The van der Waals surface area contributed by atoms with Crippen LogP contribution in [0.2, 0.25) is 0 Å². The molecule has 5 heteroatoms. The average molecular weight is 292 g/mol. The fourth-order valence-corrected chi connectivity index (χ4v) is 3.71. The molecule has 1 saturated carbocycles. The minimum absolute atomic E-state index is 0.00578. The van der Waals surface area contributed by atoms with E-state index in [2.05, 4.69) is 5.32 Å². The molecule has 20 heavy (non-hydrogen) atoms. The summed E-state index contributed by atoms with van der Waals surface area (Å²) in [4.78, 5) is 13.0. The van der Waals surface area contributed by atoms with E-state index in [0.29, 0.717) is 5.92 Å². The summed E-state index contributed by atoms with van der Waals surface area (Å²) in [7, 11) is 0. The van der Waals surface area contributed by atoms with Crippen molar-refractivity contribution in [3.63, 3.8) is 0 Å². The Labute approximate surface area is 122 Å². The number of nitriles is 1. The van der Waals surface area contributed by atoms with Gasteiger partial charge in [0.2, 0.25) is 5.91 Å². The van der Waals surface area contributed by atoms with Crippen molar-refractivity contribution in [2.75, 3.05) is 12.3 Å². The highest BCUT2D eigenvalue weighted by molar-refractivity contribution is 7.99. The van der Waals surface area contributed by atoms with Crippen molar-refractivity contribution in [2.45, 2.75) is 24.2 Å². The molecule has 1 aromatic carbocycles. The highest BCUT2D eigenvalue weighted by atomic mass is 32.2. The molecule has 0 saturated heterocycles. The van der Waals surface area contributed by atoms with Gasteiger partial charge in [0.15, 0.2) is 0 Å². The number of nitrogens with one attached hydrogen (secondary N) is 1. The van der Waals surface area contributed by atoms with Crippen LogP contribution in [0.15, 0.2) is 29.2 Å². The van der Waals surface area contributed by atoms with E-state index in [1.54, 1.807) is 23.9 Å². The number of benzene rings is 1. The Morgan fingerprint density at radius 2 is 2.15 bits per heavy atom. The van der Waals surface area contributed by atoms with Crippen LogP contribution in [0, 0.1) is 29.0 Å². The predicted molar refractivity (Wildman–Crippen MR) is 76.6 cm³/mol. The fourth-order valence-electron chi connectivity index (χ4n) is 2.57. The summed E-state index contributed by atoms with van der Waals surface area (Å²) in [6, 6.07) is 8.36. The number of hydrogen-bond acceptors (Lipinski definition) is 3. The summed E-state index contributed by atoms with van der Waals surface area (Å²) in [5.74, 6) is 0.966. The van der Waals surface area contributed by atoms with Gasteiger partial charge < -0.3 is 5.32 Å². The molecule has 1 fully saturated rings. The summed E-state index contributed by atoms with van der Waals surface area (Å²) < 4.78 is 12.8. The molecular weight excluding hydrogens is 275 g/mol. The summed E-state index contributed by atoms with van der Waals surface area (Å²) in [6.45, 7) is 0.0765. The van der Waals surface area contributed by atoms with E-state index < -0.39 is 0 Å². The first kappa shape index (κ1) is 14.9. The molecule has 1 N–H and O–H groups in total. The zero-order chi connectivity index (χ0) is 14.4. The lowest BCUT2D eigenvalue weighted by Gasteiger charge is -2.18. The number of halogens is 1. The molecule has 2 rings (SSSR count). The molecule has 1 aliphatic rings. The van der Waals surface area contributed by atoms with Crippen LogP contribution in [0.25, 0.3) is 0 Å². The minimum Gasteiger partial charge on any atom is -0.343 e. The minimum atomic E-state index is -0.232. The van der Waals surface area contributed by atoms with Crippen molar-refractivity contribution in [1.82, 2.24) is 5.32 Å². The molecule has 1 aliphatic carbocycles. The van der Waals surface area contributed by atoms with Crippen molar-refractivity contribution < 1.29 is 9.18 Å². The Morgan fingerprint density at radius 3 is 2.85 bits per heavy atom. The average Bonchev–Trinajstić information content (AvgIpc) is 2.92. The molecule has 2 atom stereocenters. The maximum atomic E-state index is 12.8. The van der Waals surface area contributed by atoms with Crippen LogP contribution < -0.4 is 5.32 Å². The van der Waals surface area contributed by atoms with Crippen molar-refractivity contribution in [2.24, 2.45) is 11.8 Å². The van der Waals surface area contributed by atoms with Gasteiger partial charge >= 0.3 is 0 Å². The second-order valence-corrected chi connectivity index (χ2v) is 6.03. The Morgan fingerprint density at radius 1 is 1.40 bits per heavy atom. The van der Waals surface area contributed by atoms with Crippen LogP contribution in [0.1, 0.15) is 19.3 Å². The molecule has 106 valence electrons. The quantitative estimate of drug-likeness (QED) is 0.670. The van der Waals surface area contributed by atoms with Gasteiger partial charge in [-0.1, -0.05) is 6.42 Å². The number of nitrogens with zero attached hydrogens (tertiary/aromatic N) is 1. The monoisotopic (exact) mass is 292 g/mol. The largest absolute Gasteiger partial charge is 0.343 e. The smallest absolute Gasteiger partial charge is 0.224 e. The Balaban J connectivity index is 1.86. The molecule has 0 aliphatic heterocycles. The van der Waals surface area contributed by atoms with E-state index in [1.807, 2.05) is 6.07 Å². The van der Waals surface area contributed by atoms with Gasteiger partial charge in [-0.2, -0.15) is 5.26 Å². The van der Waals surface area contributed by atoms with E-state index in [4.69, 9.17) is 5.26 Å². The lowest BCUT2D eigenvalue weighted by Crippen LogP contribution is -2.33. The molecule has 0 heterocycles. The lowest BCUT2D eigenvalue weighted by atomic mass is 9.97. The van der Waals surface area contributed by atoms with Gasteiger partial charge in [0.05, 0.1) is 6.07 Å². The molecule has 1 aromatic rings. The van der Waals surface area contributed by atoms with Gasteiger partial charge in [-0.15, -0.1) is 11.8 Å². The zero-order valence-electron chi connectivity index (χ0n) is 11.1. The van der Waals surface area contributed by atoms with Crippen molar-refractivity contribution in [3.8, 4) is 6.07 Å². The second-order valence-electron chi connectivity index (χ2n) is 4.94. The van der Waals surface area contributed by atoms with Crippen LogP contribution >= 0.6 is 11.8 Å². The predicted octanol–water partition coefficient (Wildman–Crippen LogP) is 2.97. The van der Waals surface area contributed by atoms with Gasteiger partial charge in [-0.25, -0.2) is 4.39 Å². The molecule has 0 aromatic heterocycles. The highest BCUT2D eigenvalue weighted by Gasteiger charge is 2.32. The first-order valence-electron chi connectivity index (χ1n) is 6.73. The van der Waals surface area contributed by atoms with Gasteiger partial charge in [-0.3, -0.25) is 4.79 Å². The fraction of sp³-hybridized carbons (Fsp3) is 0.467. The topological polar surface area (TPSA) is 52.9 Å². The molecule has 0 radical (unpaired) electrons. The van der Waals surface area contributed by atoms with E-state index in [0.717, 1.165) is 29.9 Å². The molecule has 3 nitrogen and oxygen atoms in total. The summed E-state index contributed by atoms with van der Waals surface area (Å²) in [6.07, 6.45) is 2.99. The van der Waals surface area contributed by atoms with Crippen LogP contribution in [-0.2, 0) is 4.79 Å². The molecular formula is C15H17FN2OS. The van der Waals surface area contributed by atoms with Crippen molar-refractivity contribution in [1.29, 1.82) is 5.26 Å². The van der Waals surface area contributed by atoms with Gasteiger partial charge in [-0.05, 0) is 43.0 Å². The maximum absolute atomic E-state index is 12.8. The van der Waals surface area contributed by atoms with Crippen molar-refractivity contribution in [3.05, 3.63) is 30.1 Å². The lowest BCUT2D eigenvalue weighted by molar-refractivity contribution is -0.125. The molecule has 0 spiro atoms. The standard InChI is InChI=1S/C15H17FN2OS/c16-12-4-6-13(7-5-12)20-10-11-2-1-3-14(11)15(19)18-9-8-17/h4-7,11,14H,1-3,9-10H2,(H,18,19)/t11-,14+/m0/s1. The summed E-state index contributed by atoms with van der Waals surface area (Å²) >= 11 is 1.66. The third-order valence-electron chi connectivity index (χ3n) is 3.62. The zero-order valence-corrected chi connectivity index (χ0v) is 12.0. The number of thioether (sulfide) groups is 1. The van der Waals surface area contributed by atoms with Crippen LogP contribution in [0.4, 0.5) is 4.39 Å². The number of amides is 1. The van der Waals surface area contributed by atoms with E-state index in [1.165, 1.54) is 12.1 Å². The van der Waals surface area contributed by atoms with Gasteiger partial charge in [0, 0.05) is 16.6 Å². The second kappa shape index (κ2) is 7.30. The Hall–Kier alpha value is -1.54. The molecule has 0 bridgehead atoms. The number of hydrogen-bond donors (Lipinski definition) is 1. The third kappa shape index (κ3) is 3.97. The number of carbonyl (C=O) groups excluding carboxylic acids is 1. The van der Waals surface area contributed by atoms with Crippen LogP contribution in [0.3, 0.4) is 0 Å². The number of carbonyl (C=O) groups is 1. The van der Waals surface area contributed by atoms with Crippen LogP contribution in [0.5, 0.6) is 0 Å². The van der Waals surface area contributed by atoms with Crippen LogP contribution in [-0.4, -0.2) is 18.2 Å². The van der Waals surface area contributed by atoms with E-state index in [-0.39, 0.29) is 24.2 Å². The normalized spacial score (nSPS) is 21.4. The van der Waals surface area contributed by atoms with E-state index in [9.17, 15) is 9.18 Å². The summed E-state index contributed by atoms with van der Waals surface area (Å²) in [5.41, 5.74) is 0. The molecule has 1 amide bonds. The first-order chi connectivity index (χ1) is 9.70. The van der Waals surface area contributed by atoms with Gasteiger partial charge in [0.1, 0.15) is 12.4 Å². The molecule has 0 unspecified atom stereocenters. The SMILES string of the molecule is N#CCNC(=O)[C@@H]1CCC[C@H]1CSc1ccc(F)cc1. The summed E-state index contributed by atoms with van der Waals surface area (Å²) in [5, 5.41) is 11.1. The highest BCUT2D eigenvalue weighted by Crippen LogP contribution is 2.36. The Bertz CT molecular complexity index is 498.